The van der Waals surface area contributed by atoms with E-state index in [4.69, 9.17) is 4.98 Å². The van der Waals surface area contributed by atoms with E-state index < -0.39 is 0 Å². The lowest BCUT2D eigenvalue weighted by Crippen LogP contribution is -2.07. The molecule has 5 heteroatoms. The highest BCUT2D eigenvalue weighted by atomic mass is 15.2. The summed E-state index contributed by atoms with van der Waals surface area (Å²) >= 11 is 0. The van der Waals surface area contributed by atoms with Crippen LogP contribution in [0, 0.1) is 0 Å². The van der Waals surface area contributed by atoms with E-state index in [9.17, 15) is 0 Å². The molecule has 4 heterocycles. The summed E-state index contributed by atoms with van der Waals surface area (Å²) < 4.78 is 9.66. The van der Waals surface area contributed by atoms with Crippen LogP contribution in [0.2, 0.25) is 0 Å². The normalized spacial score (nSPS) is 12.2. The van der Waals surface area contributed by atoms with Gasteiger partial charge in [-0.3, -0.25) is 8.97 Å². The summed E-state index contributed by atoms with van der Waals surface area (Å²) in [5, 5.41) is 4.89. The van der Waals surface area contributed by atoms with Crippen LogP contribution in [0.5, 0.6) is 0 Å². The van der Waals surface area contributed by atoms with Gasteiger partial charge in [0.05, 0.1) is 55.5 Å². The van der Waals surface area contributed by atoms with Crippen molar-refractivity contribution in [2.45, 2.75) is 0 Å². The van der Waals surface area contributed by atoms with Crippen molar-refractivity contribution in [2.24, 2.45) is 0 Å². The van der Waals surface area contributed by atoms with Crippen LogP contribution in [0.25, 0.3) is 133 Å². The molecular weight excluding hydrogens is 803 g/mol. The Balaban J connectivity index is 1.11. The van der Waals surface area contributed by atoms with Gasteiger partial charge < -0.3 is 9.13 Å². The van der Waals surface area contributed by atoms with Crippen LogP contribution in [0.3, 0.4) is 0 Å². The second-order valence-corrected chi connectivity index (χ2v) is 17.5. The van der Waals surface area contributed by atoms with Crippen molar-refractivity contribution in [3.8, 4) is 61.6 Å². The van der Waals surface area contributed by atoms with Gasteiger partial charge in [-0.1, -0.05) is 152 Å². The van der Waals surface area contributed by atoms with Gasteiger partial charge in [0.2, 0.25) is 5.78 Å². The average Bonchev–Trinajstić information content (AvgIpc) is 4.11. The van der Waals surface area contributed by atoms with E-state index in [0.29, 0.717) is 0 Å². The first-order valence-electron chi connectivity index (χ1n) is 22.6. The smallest absolute Gasteiger partial charge is 0.220 e. The Bertz CT molecular complexity index is 4310. The molecule has 0 N–H and O–H groups in total. The molecule has 1 aliphatic rings. The first kappa shape index (κ1) is 35.5. The minimum Gasteiger partial charge on any atom is -0.309 e. The third-order valence-corrected chi connectivity index (χ3v) is 14.1. The highest BCUT2D eigenvalue weighted by Gasteiger charge is 2.28. The maximum absolute atomic E-state index is 5.44. The lowest BCUT2D eigenvalue weighted by atomic mass is 9.80. The van der Waals surface area contributed by atoms with Crippen LogP contribution >= 0.6 is 0 Å². The van der Waals surface area contributed by atoms with E-state index in [0.717, 1.165) is 55.9 Å². The number of benzene rings is 10. The van der Waals surface area contributed by atoms with Crippen LogP contribution in [-0.4, -0.2) is 23.1 Å². The molecule has 66 heavy (non-hydrogen) atoms. The number of hydrogen-bond acceptors (Lipinski definition) is 1. The monoisotopic (exact) mass is 839 g/mol. The summed E-state index contributed by atoms with van der Waals surface area (Å²) in [6.07, 6.45) is 0. The number of nitrogens with zero attached hydrogens (tertiary/aromatic N) is 5. The molecule has 0 amide bonds. The van der Waals surface area contributed by atoms with Gasteiger partial charge in [-0.15, -0.1) is 0 Å². The second-order valence-electron chi connectivity index (χ2n) is 17.5. The summed E-state index contributed by atoms with van der Waals surface area (Å²) in [5.41, 5.74) is 21.8. The van der Waals surface area contributed by atoms with Gasteiger partial charge in [-0.05, 0) is 117 Å². The largest absolute Gasteiger partial charge is 0.309 e. The maximum atomic E-state index is 5.44. The molecule has 0 bridgehead atoms. The molecule has 306 valence electrons. The first-order valence-corrected chi connectivity index (χ1v) is 22.6. The molecule has 4 aromatic heterocycles. The highest BCUT2D eigenvalue weighted by Crippen LogP contribution is 2.50. The van der Waals surface area contributed by atoms with Crippen LogP contribution in [0.15, 0.2) is 224 Å². The molecule has 0 saturated carbocycles. The van der Waals surface area contributed by atoms with Gasteiger partial charge in [-0.25, -0.2) is 4.98 Å². The Morgan fingerprint density at radius 3 is 1.21 bits per heavy atom. The quantitative estimate of drug-likeness (QED) is 0.174. The van der Waals surface area contributed by atoms with Crippen molar-refractivity contribution in [1.29, 1.82) is 0 Å². The van der Waals surface area contributed by atoms with Gasteiger partial charge in [-0.2, -0.15) is 0 Å². The third kappa shape index (κ3) is 4.75. The number of hydrogen-bond donors (Lipinski definition) is 0. The topological polar surface area (TPSA) is 32.1 Å². The summed E-state index contributed by atoms with van der Waals surface area (Å²) in [5.74, 6) is 0.873. The van der Waals surface area contributed by atoms with Crippen LogP contribution in [-0.2, 0) is 0 Å². The summed E-state index contributed by atoms with van der Waals surface area (Å²) in [6, 6.07) is 82.3. The lowest BCUT2D eigenvalue weighted by molar-refractivity contribution is 1.06. The molecule has 0 atom stereocenters. The van der Waals surface area contributed by atoms with E-state index in [1.54, 1.807) is 0 Å². The summed E-state index contributed by atoms with van der Waals surface area (Å²) in [7, 11) is 0. The first-order chi connectivity index (χ1) is 32.8. The predicted octanol–water partition coefficient (Wildman–Crippen LogP) is 15.6. The Morgan fingerprint density at radius 2 is 0.652 bits per heavy atom. The molecule has 0 saturated heterocycles. The van der Waals surface area contributed by atoms with Crippen LogP contribution < -0.4 is 0 Å². The molecular formula is C61H37N5. The van der Waals surface area contributed by atoms with Crippen molar-refractivity contribution in [2.75, 3.05) is 0 Å². The number of para-hydroxylation sites is 7. The van der Waals surface area contributed by atoms with Gasteiger partial charge in [0.15, 0.2) is 0 Å². The molecule has 1 aliphatic carbocycles. The molecule has 5 nitrogen and oxygen atoms in total. The standard InChI is InChI=1S/C61H37N5/c1-2-18-40-39(17-1)41-19-3-5-21-43(41)48-36-59(60(37-49(48)44-22-6-4-20-42(40)44)66-58-32-16-15-31-57(58)65-56-30-14-10-26-51(56)62-61(65)66)64-54-29-13-9-25-47(54)50-35-38(33-34-55(50)64)63-52-27-11-7-23-45(52)46-24-8-12-28-53(46)63/h1-37H. The Kier molecular flexibility index (Phi) is 7.16. The fraction of sp³-hybridized carbons (Fsp3) is 0. The molecule has 0 aliphatic heterocycles. The summed E-state index contributed by atoms with van der Waals surface area (Å²) in [6.45, 7) is 0. The molecule has 0 fully saturated rings. The van der Waals surface area contributed by atoms with E-state index in [1.165, 1.54) is 77.1 Å². The van der Waals surface area contributed by atoms with Crippen molar-refractivity contribution in [3.63, 3.8) is 0 Å². The number of rotatable bonds is 3. The van der Waals surface area contributed by atoms with E-state index >= 15 is 0 Å². The molecule has 15 rings (SSSR count). The summed E-state index contributed by atoms with van der Waals surface area (Å²) in [4.78, 5) is 5.44. The zero-order valence-electron chi connectivity index (χ0n) is 35.6. The van der Waals surface area contributed by atoms with Crippen molar-refractivity contribution >= 4 is 71.5 Å². The Hall–Kier alpha value is -8.93. The number of imidazole rings is 2. The molecule has 0 spiro atoms. The van der Waals surface area contributed by atoms with E-state index in [-0.39, 0.29) is 0 Å². The molecule has 14 aromatic rings. The van der Waals surface area contributed by atoms with Gasteiger partial charge in [0, 0.05) is 27.2 Å². The van der Waals surface area contributed by atoms with Gasteiger partial charge in [0.25, 0.3) is 0 Å². The molecule has 0 radical (unpaired) electrons. The zero-order valence-corrected chi connectivity index (χ0v) is 35.6. The minimum atomic E-state index is 0.873. The maximum Gasteiger partial charge on any atom is 0.220 e. The third-order valence-electron chi connectivity index (χ3n) is 14.1. The van der Waals surface area contributed by atoms with Crippen molar-refractivity contribution in [3.05, 3.63) is 224 Å². The van der Waals surface area contributed by atoms with Crippen LogP contribution in [0.1, 0.15) is 0 Å². The molecule has 0 unspecified atom stereocenters. The number of aromatic nitrogens is 5. The Labute approximate surface area is 378 Å². The fourth-order valence-corrected chi connectivity index (χ4v) is 11.4. The van der Waals surface area contributed by atoms with E-state index in [1.807, 2.05) is 0 Å². The number of fused-ring (bicyclic) bond motifs is 19. The fourth-order valence-electron chi connectivity index (χ4n) is 11.4. The highest BCUT2D eigenvalue weighted by molar-refractivity contribution is 6.13. The van der Waals surface area contributed by atoms with E-state index in [2.05, 4.69) is 243 Å². The van der Waals surface area contributed by atoms with Crippen molar-refractivity contribution in [1.82, 2.24) is 23.1 Å². The lowest BCUT2D eigenvalue weighted by Gasteiger charge is -2.26. The van der Waals surface area contributed by atoms with Gasteiger partial charge in [0.1, 0.15) is 0 Å². The average molecular weight is 840 g/mol. The minimum absolute atomic E-state index is 0.873. The van der Waals surface area contributed by atoms with Crippen LogP contribution in [0.4, 0.5) is 0 Å². The second kappa shape index (κ2) is 13.3. The van der Waals surface area contributed by atoms with Gasteiger partial charge >= 0.3 is 0 Å². The zero-order chi connectivity index (χ0) is 43.0. The van der Waals surface area contributed by atoms with Crippen molar-refractivity contribution < 1.29 is 0 Å². The predicted molar refractivity (Wildman–Crippen MR) is 274 cm³/mol. The Morgan fingerprint density at radius 1 is 0.258 bits per heavy atom. The SMILES string of the molecule is c1ccc2c(c1)-c1ccccc1-c1cc(-n3c4ccccc4c4cc(-n5c6ccccc6c6ccccc65)ccc43)c(-n3c4ccccc4n4c5ccccc5nc34)cc1-c1ccccc1-2. The molecule has 10 aromatic carbocycles.